The predicted molar refractivity (Wildman–Crippen MR) is 52.8 cm³/mol. The maximum absolute atomic E-state index is 8.62. The molecule has 0 aromatic carbocycles. The van der Waals surface area contributed by atoms with Crippen LogP contribution in [0.3, 0.4) is 0 Å². The van der Waals surface area contributed by atoms with E-state index >= 15 is 0 Å². The first kappa shape index (κ1) is 11.0. The van der Waals surface area contributed by atoms with Gasteiger partial charge in [0.15, 0.2) is 0 Å². The van der Waals surface area contributed by atoms with Crippen LogP contribution in [0.4, 0.5) is 0 Å². The van der Waals surface area contributed by atoms with Crippen LogP contribution >= 0.6 is 0 Å². The molecular weight excluding hydrogens is 166 g/mol. The van der Waals surface area contributed by atoms with E-state index in [1.807, 2.05) is 0 Å². The van der Waals surface area contributed by atoms with Crippen molar-refractivity contribution in [2.45, 2.75) is 31.8 Å². The quantitative estimate of drug-likeness (QED) is 0.626. The van der Waals surface area contributed by atoms with E-state index in [0.717, 1.165) is 32.5 Å². The van der Waals surface area contributed by atoms with E-state index in [1.165, 1.54) is 12.8 Å². The van der Waals surface area contributed by atoms with Crippen LogP contribution in [0.1, 0.15) is 25.7 Å². The van der Waals surface area contributed by atoms with Gasteiger partial charge in [0.25, 0.3) is 0 Å². The van der Waals surface area contributed by atoms with Gasteiger partial charge in [-0.2, -0.15) is 0 Å². The first-order valence-electron chi connectivity index (χ1n) is 5.24. The molecule has 1 aliphatic rings. The molecule has 1 atom stereocenters. The van der Waals surface area contributed by atoms with Crippen molar-refractivity contribution in [2.24, 2.45) is 0 Å². The van der Waals surface area contributed by atoms with E-state index in [2.05, 4.69) is 11.9 Å². The fourth-order valence-electron chi connectivity index (χ4n) is 1.72. The number of hydrogen-bond acceptors (Lipinski definition) is 3. The molecule has 1 heterocycles. The molecule has 78 valence electrons. The Kier molecular flexibility index (Phi) is 5.35. The second kappa shape index (κ2) is 6.35. The number of aliphatic hydroxyl groups is 1. The fraction of sp³-hybridized carbons (Fsp3) is 1.00. The van der Waals surface area contributed by atoms with Crippen molar-refractivity contribution in [3.05, 3.63) is 0 Å². The Morgan fingerprint density at radius 1 is 1.46 bits per heavy atom. The average Bonchev–Trinajstić information content (AvgIpc) is 2.57. The number of likely N-dealkylation sites (N-methyl/N-ethyl adjacent to an activating group) is 1. The lowest BCUT2D eigenvalue weighted by atomic mass is 10.2. The van der Waals surface area contributed by atoms with Crippen LogP contribution in [-0.2, 0) is 4.74 Å². The highest BCUT2D eigenvalue weighted by Gasteiger charge is 2.16. The second-order valence-corrected chi connectivity index (χ2v) is 3.83. The molecule has 1 fully saturated rings. The largest absolute Gasteiger partial charge is 0.396 e. The van der Waals surface area contributed by atoms with Crippen LogP contribution in [0.2, 0.25) is 0 Å². The summed E-state index contributed by atoms with van der Waals surface area (Å²) in [6, 6.07) is 0. The van der Waals surface area contributed by atoms with Crippen LogP contribution < -0.4 is 0 Å². The van der Waals surface area contributed by atoms with Crippen molar-refractivity contribution in [3.63, 3.8) is 0 Å². The number of rotatable bonds is 6. The number of unbranched alkanes of at least 4 members (excludes halogenated alkanes) is 1. The number of aliphatic hydroxyl groups excluding tert-OH is 1. The average molecular weight is 187 g/mol. The first-order valence-corrected chi connectivity index (χ1v) is 5.24. The Hall–Kier alpha value is -0.120. The SMILES string of the molecule is CN(CCCCO)CC1CCCO1. The molecule has 1 rings (SSSR count). The topological polar surface area (TPSA) is 32.7 Å². The summed E-state index contributed by atoms with van der Waals surface area (Å²) in [6.07, 6.45) is 4.88. The van der Waals surface area contributed by atoms with Crippen LogP contribution in [0.5, 0.6) is 0 Å². The summed E-state index contributed by atoms with van der Waals surface area (Å²) in [5.74, 6) is 0. The minimum absolute atomic E-state index is 0.313. The van der Waals surface area contributed by atoms with Gasteiger partial charge in [0.2, 0.25) is 0 Å². The molecule has 0 amide bonds. The first-order chi connectivity index (χ1) is 6.33. The maximum atomic E-state index is 8.62. The van der Waals surface area contributed by atoms with E-state index in [0.29, 0.717) is 12.7 Å². The predicted octanol–water partition coefficient (Wildman–Crippen LogP) is 0.870. The highest BCUT2D eigenvalue weighted by Crippen LogP contribution is 2.12. The van der Waals surface area contributed by atoms with Gasteiger partial charge in [-0.3, -0.25) is 0 Å². The molecule has 0 spiro atoms. The summed E-state index contributed by atoms with van der Waals surface area (Å²) in [6.45, 7) is 3.37. The molecule has 3 heteroatoms. The molecule has 1 unspecified atom stereocenters. The summed E-state index contributed by atoms with van der Waals surface area (Å²) in [7, 11) is 2.12. The van der Waals surface area contributed by atoms with Crippen molar-refractivity contribution in [3.8, 4) is 0 Å². The monoisotopic (exact) mass is 187 g/mol. The number of ether oxygens (including phenoxy) is 1. The molecule has 0 saturated carbocycles. The normalized spacial score (nSPS) is 22.8. The molecule has 0 aromatic heterocycles. The van der Waals surface area contributed by atoms with Gasteiger partial charge in [-0.05, 0) is 39.3 Å². The van der Waals surface area contributed by atoms with E-state index in [9.17, 15) is 0 Å². The Morgan fingerprint density at radius 3 is 2.92 bits per heavy atom. The van der Waals surface area contributed by atoms with Crippen molar-refractivity contribution in [1.29, 1.82) is 0 Å². The Labute approximate surface area is 80.7 Å². The van der Waals surface area contributed by atoms with E-state index < -0.39 is 0 Å². The van der Waals surface area contributed by atoms with Gasteiger partial charge in [-0.1, -0.05) is 0 Å². The summed E-state index contributed by atoms with van der Waals surface area (Å²) >= 11 is 0. The molecule has 0 bridgehead atoms. The molecule has 1 N–H and O–H groups in total. The summed E-state index contributed by atoms with van der Waals surface area (Å²) in [4.78, 5) is 2.30. The van der Waals surface area contributed by atoms with Crippen LogP contribution in [0.25, 0.3) is 0 Å². The lowest BCUT2D eigenvalue weighted by Gasteiger charge is -2.19. The van der Waals surface area contributed by atoms with Gasteiger partial charge >= 0.3 is 0 Å². The van der Waals surface area contributed by atoms with Crippen molar-refractivity contribution >= 4 is 0 Å². The Bertz CT molecular complexity index is 124. The smallest absolute Gasteiger partial charge is 0.0702 e. The van der Waals surface area contributed by atoms with Crippen LogP contribution in [0, 0.1) is 0 Å². The molecule has 1 saturated heterocycles. The zero-order valence-corrected chi connectivity index (χ0v) is 8.54. The molecule has 0 aliphatic carbocycles. The molecule has 0 aromatic rings. The van der Waals surface area contributed by atoms with Crippen LogP contribution in [0.15, 0.2) is 0 Å². The van der Waals surface area contributed by atoms with Gasteiger partial charge in [0.05, 0.1) is 6.10 Å². The summed E-state index contributed by atoms with van der Waals surface area (Å²) in [5.41, 5.74) is 0. The van der Waals surface area contributed by atoms with Gasteiger partial charge in [0, 0.05) is 19.8 Å². The van der Waals surface area contributed by atoms with Crippen molar-refractivity contribution < 1.29 is 9.84 Å². The van der Waals surface area contributed by atoms with E-state index in [4.69, 9.17) is 9.84 Å². The van der Waals surface area contributed by atoms with Crippen molar-refractivity contribution in [1.82, 2.24) is 4.90 Å². The second-order valence-electron chi connectivity index (χ2n) is 3.83. The lowest BCUT2D eigenvalue weighted by molar-refractivity contribution is 0.0804. The summed E-state index contributed by atoms with van der Waals surface area (Å²) < 4.78 is 5.54. The maximum Gasteiger partial charge on any atom is 0.0702 e. The zero-order chi connectivity index (χ0) is 9.52. The van der Waals surface area contributed by atoms with Crippen LogP contribution in [-0.4, -0.2) is 49.5 Å². The molecule has 0 radical (unpaired) electrons. The van der Waals surface area contributed by atoms with Gasteiger partial charge < -0.3 is 14.7 Å². The zero-order valence-electron chi connectivity index (χ0n) is 8.54. The van der Waals surface area contributed by atoms with Crippen molar-refractivity contribution in [2.75, 3.05) is 33.4 Å². The third kappa shape index (κ3) is 4.60. The summed E-state index contributed by atoms with van der Waals surface area (Å²) in [5, 5.41) is 8.62. The third-order valence-electron chi connectivity index (χ3n) is 2.49. The van der Waals surface area contributed by atoms with Gasteiger partial charge in [-0.15, -0.1) is 0 Å². The van der Waals surface area contributed by atoms with E-state index in [-0.39, 0.29) is 0 Å². The third-order valence-corrected chi connectivity index (χ3v) is 2.49. The fourth-order valence-corrected chi connectivity index (χ4v) is 1.72. The Morgan fingerprint density at radius 2 is 2.31 bits per heavy atom. The van der Waals surface area contributed by atoms with E-state index in [1.54, 1.807) is 0 Å². The minimum atomic E-state index is 0.313. The number of nitrogens with zero attached hydrogens (tertiary/aromatic N) is 1. The minimum Gasteiger partial charge on any atom is -0.396 e. The van der Waals surface area contributed by atoms with Gasteiger partial charge in [0.1, 0.15) is 0 Å². The molecule has 3 nitrogen and oxygen atoms in total. The lowest BCUT2D eigenvalue weighted by Crippen LogP contribution is -2.29. The molecule has 13 heavy (non-hydrogen) atoms. The molecular formula is C10H21NO2. The molecule has 1 aliphatic heterocycles. The Balaban J connectivity index is 1.99. The highest BCUT2D eigenvalue weighted by atomic mass is 16.5. The standard InChI is InChI=1S/C10H21NO2/c1-11(6-2-3-7-12)9-10-5-4-8-13-10/h10,12H,2-9H2,1H3. The highest BCUT2D eigenvalue weighted by molar-refractivity contribution is 4.68. The number of hydrogen-bond donors (Lipinski definition) is 1. The van der Waals surface area contributed by atoms with Gasteiger partial charge in [-0.25, -0.2) is 0 Å².